The number of nitriles is 1. The van der Waals surface area contributed by atoms with Gasteiger partial charge in [-0.05, 0) is 55.5 Å². The Morgan fingerprint density at radius 3 is 2.82 bits per heavy atom. The Kier molecular flexibility index (Phi) is 5.51. The minimum atomic E-state index is -3.10. The number of carbonyl (C=O) groups is 1. The Morgan fingerprint density at radius 2 is 2.15 bits per heavy atom. The number of anilines is 1. The summed E-state index contributed by atoms with van der Waals surface area (Å²) in [6.45, 7) is 5.69. The van der Waals surface area contributed by atoms with Gasteiger partial charge >= 0.3 is 0 Å². The van der Waals surface area contributed by atoms with Crippen molar-refractivity contribution < 1.29 is 13.4 Å². The number of nitrogens with one attached hydrogen (secondary N) is 2. The molecule has 9 nitrogen and oxygen atoms in total. The number of halogens is 2. The molecule has 2 aromatic rings. The average molecular weight is 492 g/mol. The number of rotatable bonds is 3. The Bertz CT molecular complexity index is 1290. The van der Waals surface area contributed by atoms with Crippen LogP contribution in [0.3, 0.4) is 0 Å². The van der Waals surface area contributed by atoms with Crippen molar-refractivity contribution in [3.63, 3.8) is 0 Å². The molecule has 0 unspecified atom stereocenters. The minimum absolute atomic E-state index is 0.00861. The average Bonchev–Trinajstić information content (AvgIpc) is 3.18. The second-order valence-electron chi connectivity index (χ2n) is 8.72. The lowest BCUT2D eigenvalue weighted by molar-refractivity contribution is 0.102. The summed E-state index contributed by atoms with van der Waals surface area (Å²) in [5, 5.41) is 10.9. The van der Waals surface area contributed by atoms with Crippen molar-refractivity contribution in [3.8, 4) is 6.07 Å². The number of carbonyl (C=O) groups excluding carboxylic acids is 1. The fourth-order valence-corrected chi connectivity index (χ4v) is 8.31. The molecule has 0 aliphatic carbocycles. The zero-order chi connectivity index (χ0) is 24.2. The van der Waals surface area contributed by atoms with Crippen LogP contribution in [-0.2, 0) is 15.7 Å². The lowest BCUT2D eigenvalue weighted by Gasteiger charge is -2.50. The highest BCUT2D eigenvalue weighted by Crippen LogP contribution is 2.48. The molecule has 0 radical (unpaired) electrons. The third-order valence-electron chi connectivity index (χ3n) is 6.41. The van der Waals surface area contributed by atoms with Gasteiger partial charge in [-0.25, -0.2) is 14.4 Å². The van der Waals surface area contributed by atoms with E-state index in [0.717, 1.165) is 6.07 Å². The van der Waals surface area contributed by atoms with E-state index in [4.69, 9.17) is 22.6 Å². The molecule has 4 N–H and O–H groups in total. The highest BCUT2D eigenvalue weighted by atomic mass is 35.5. The summed E-state index contributed by atoms with van der Waals surface area (Å²) < 4.78 is 31.2. The van der Waals surface area contributed by atoms with Gasteiger partial charge < -0.3 is 11.1 Å². The molecule has 0 spiro atoms. The van der Waals surface area contributed by atoms with E-state index < -0.39 is 37.4 Å². The van der Waals surface area contributed by atoms with E-state index in [2.05, 4.69) is 25.0 Å². The van der Waals surface area contributed by atoms with Crippen molar-refractivity contribution in [3.05, 3.63) is 52.2 Å². The molecule has 33 heavy (non-hydrogen) atoms. The Hall–Kier alpha value is -2.94. The molecule has 174 valence electrons. The summed E-state index contributed by atoms with van der Waals surface area (Å²) in [6, 6.07) is 5.66. The molecular weight excluding hydrogens is 469 g/mol. The van der Waals surface area contributed by atoms with E-state index in [9.17, 15) is 9.00 Å². The van der Waals surface area contributed by atoms with Crippen LogP contribution in [0.25, 0.3) is 0 Å². The van der Waals surface area contributed by atoms with Gasteiger partial charge in [0.25, 0.3) is 5.91 Å². The molecular formula is C21H23ClFN7O2S. The topological polar surface area (TPSA) is 146 Å². The first-order valence-electron chi connectivity index (χ1n) is 10.2. The highest BCUT2D eigenvalue weighted by Gasteiger charge is 2.59. The van der Waals surface area contributed by atoms with Gasteiger partial charge in [-0.2, -0.15) is 5.26 Å². The van der Waals surface area contributed by atoms with Crippen LogP contribution in [0.1, 0.15) is 48.9 Å². The standard InChI is InChI=1S/C21H23ClFN7O2S/c1-20(2)19(25)30-21(3,14-6-7-27-33(14,20)32)17-13(23)4-5-15(28-17)29-18(31)16-12(22)8-11(9-24)10-26-16/h4-5,8,10,14,33H,6-7H2,1-3H3,(H2,25,30)(H,27,32)(H,28,29,31)/t14-,21+/m1/s1. The van der Waals surface area contributed by atoms with Gasteiger partial charge in [0.2, 0.25) is 0 Å². The van der Waals surface area contributed by atoms with E-state index in [1.165, 1.54) is 18.3 Å². The number of amidine groups is 1. The van der Waals surface area contributed by atoms with Gasteiger partial charge in [-0.3, -0.25) is 18.7 Å². The third kappa shape index (κ3) is 3.49. The fourth-order valence-electron chi connectivity index (χ4n) is 4.43. The number of thiol groups is 1. The maximum atomic E-state index is 15.0. The van der Waals surface area contributed by atoms with Crippen molar-refractivity contribution in [2.45, 2.75) is 42.7 Å². The van der Waals surface area contributed by atoms with Gasteiger partial charge in [-0.1, -0.05) is 11.6 Å². The van der Waals surface area contributed by atoms with Crippen molar-refractivity contribution >= 4 is 39.3 Å². The molecule has 2 aliphatic rings. The molecule has 0 saturated carbocycles. The number of hydrogen-bond acceptors (Lipinski definition) is 7. The summed E-state index contributed by atoms with van der Waals surface area (Å²) in [7, 11) is -3.10. The summed E-state index contributed by atoms with van der Waals surface area (Å²) >= 11 is 6.06. The quantitative estimate of drug-likeness (QED) is 0.483. The van der Waals surface area contributed by atoms with Gasteiger partial charge in [0.05, 0.1) is 20.6 Å². The van der Waals surface area contributed by atoms with Crippen LogP contribution < -0.4 is 15.8 Å². The second-order valence-corrected chi connectivity index (χ2v) is 12.5. The number of aliphatic imine (C=N–C) groups is 1. The molecule has 1 saturated heterocycles. The Labute approximate surface area is 196 Å². The van der Waals surface area contributed by atoms with Gasteiger partial charge in [-0.15, -0.1) is 0 Å². The number of fused-ring (bicyclic) bond motifs is 1. The van der Waals surface area contributed by atoms with E-state index in [0.29, 0.717) is 13.0 Å². The number of nitrogens with two attached hydrogens (primary N) is 1. The first-order valence-corrected chi connectivity index (χ1v) is 12.3. The largest absolute Gasteiger partial charge is 0.386 e. The molecule has 0 aromatic carbocycles. The van der Waals surface area contributed by atoms with E-state index in [1.54, 1.807) is 20.8 Å². The molecule has 1 amide bonds. The monoisotopic (exact) mass is 491 g/mol. The molecule has 2 aromatic heterocycles. The summed E-state index contributed by atoms with van der Waals surface area (Å²) in [6.07, 6.45) is 1.73. The molecule has 4 heterocycles. The van der Waals surface area contributed by atoms with Gasteiger partial charge in [0, 0.05) is 12.7 Å². The molecule has 0 bridgehead atoms. The molecule has 1 fully saturated rings. The van der Waals surface area contributed by atoms with Crippen LogP contribution in [-0.4, -0.2) is 42.5 Å². The number of aromatic nitrogens is 2. The Balaban J connectivity index is 1.74. The Morgan fingerprint density at radius 1 is 1.42 bits per heavy atom. The zero-order valence-electron chi connectivity index (χ0n) is 18.2. The van der Waals surface area contributed by atoms with Crippen LogP contribution >= 0.6 is 11.6 Å². The lowest BCUT2D eigenvalue weighted by atomic mass is 9.90. The third-order valence-corrected chi connectivity index (χ3v) is 10.9. The zero-order valence-corrected chi connectivity index (χ0v) is 19.8. The predicted molar refractivity (Wildman–Crippen MR) is 125 cm³/mol. The molecule has 4 rings (SSSR count). The number of pyridine rings is 2. The van der Waals surface area contributed by atoms with Crippen molar-refractivity contribution in [1.82, 2.24) is 14.7 Å². The lowest BCUT2D eigenvalue weighted by Crippen LogP contribution is -2.64. The first-order chi connectivity index (χ1) is 15.4. The normalized spacial score (nSPS) is 25.9. The van der Waals surface area contributed by atoms with Crippen LogP contribution in [0.4, 0.5) is 10.2 Å². The van der Waals surface area contributed by atoms with Crippen molar-refractivity contribution in [2.24, 2.45) is 10.7 Å². The van der Waals surface area contributed by atoms with Crippen LogP contribution in [0.15, 0.2) is 29.4 Å². The minimum Gasteiger partial charge on any atom is -0.386 e. The second kappa shape index (κ2) is 7.83. The maximum Gasteiger partial charge on any atom is 0.276 e. The smallest absolute Gasteiger partial charge is 0.276 e. The van der Waals surface area contributed by atoms with E-state index in [-0.39, 0.29) is 33.6 Å². The molecule has 2 aliphatic heterocycles. The number of nitrogens with zero attached hydrogens (tertiary/aromatic N) is 4. The summed E-state index contributed by atoms with van der Waals surface area (Å²) in [5.74, 6) is -1.14. The van der Waals surface area contributed by atoms with E-state index in [1.807, 2.05) is 6.07 Å². The fraction of sp³-hybridized carbons (Fsp3) is 0.381. The van der Waals surface area contributed by atoms with Crippen LogP contribution in [0.2, 0.25) is 5.02 Å². The first kappa shape index (κ1) is 23.2. The summed E-state index contributed by atoms with van der Waals surface area (Å²) in [5.41, 5.74) is 4.96. The van der Waals surface area contributed by atoms with Crippen LogP contribution in [0, 0.1) is 17.1 Å². The maximum absolute atomic E-state index is 15.0. The number of hydrogen-bond donors (Lipinski definition) is 4. The highest BCUT2D eigenvalue weighted by molar-refractivity contribution is 8.04. The molecule has 2 atom stereocenters. The molecule has 12 heteroatoms. The van der Waals surface area contributed by atoms with Crippen molar-refractivity contribution in [2.75, 3.05) is 11.9 Å². The van der Waals surface area contributed by atoms with Gasteiger partial charge in [0.1, 0.15) is 40.5 Å². The van der Waals surface area contributed by atoms with Crippen molar-refractivity contribution in [1.29, 1.82) is 5.26 Å². The predicted octanol–water partition coefficient (Wildman–Crippen LogP) is 2.05. The van der Waals surface area contributed by atoms with E-state index >= 15 is 4.39 Å². The summed E-state index contributed by atoms with van der Waals surface area (Å²) in [4.78, 5) is 25.5. The van der Waals surface area contributed by atoms with Crippen LogP contribution in [0.5, 0.6) is 0 Å². The number of amides is 1. The SMILES string of the molecule is CC1(C)C(N)=N[C@](C)(c2nc(NC(=O)c3ncc(C#N)cc3Cl)ccc2F)[C@H]2CCN[SH]21=O. The van der Waals surface area contributed by atoms with Gasteiger partial charge in [0.15, 0.2) is 0 Å².